The van der Waals surface area contributed by atoms with Gasteiger partial charge in [0.25, 0.3) is 0 Å². The second kappa shape index (κ2) is 7.98. The summed E-state index contributed by atoms with van der Waals surface area (Å²) in [6.45, 7) is 2.20. The molecule has 1 aliphatic heterocycles. The minimum atomic E-state index is 0.0145. The van der Waals surface area contributed by atoms with E-state index in [0.717, 1.165) is 31.1 Å². The van der Waals surface area contributed by atoms with E-state index in [-0.39, 0.29) is 18.1 Å². The van der Waals surface area contributed by atoms with E-state index in [2.05, 4.69) is 11.8 Å². The Labute approximate surface area is 153 Å². The van der Waals surface area contributed by atoms with E-state index in [0.29, 0.717) is 12.1 Å². The molecule has 0 N–H and O–H groups in total. The quantitative estimate of drug-likeness (QED) is 0.665. The maximum absolute atomic E-state index is 13.1. The molecule has 3 heteroatoms. The fourth-order valence-corrected chi connectivity index (χ4v) is 6.65. The lowest BCUT2D eigenvalue weighted by Gasteiger charge is -2.39. The molecule has 3 aliphatic carbocycles. The second-order valence-corrected chi connectivity index (χ2v) is 9.10. The first kappa shape index (κ1) is 17.8. The van der Waals surface area contributed by atoms with Crippen LogP contribution in [0, 0.1) is 11.8 Å². The maximum Gasteiger partial charge on any atom is 0.323 e. The van der Waals surface area contributed by atoms with Gasteiger partial charge in [0.1, 0.15) is 12.1 Å². The Kier molecular flexibility index (Phi) is 5.69. The molecule has 0 amide bonds. The maximum atomic E-state index is 13.1. The van der Waals surface area contributed by atoms with Gasteiger partial charge >= 0.3 is 5.97 Å². The Bertz CT molecular complexity index is 437. The number of carbonyl (C=O) groups excluding carboxylic acids is 1. The second-order valence-electron chi connectivity index (χ2n) is 9.10. The van der Waals surface area contributed by atoms with Crippen molar-refractivity contribution in [3.8, 4) is 0 Å². The van der Waals surface area contributed by atoms with E-state index in [4.69, 9.17) is 4.74 Å². The zero-order valence-electron chi connectivity index (χ0n) is 16.1. The van der Waals surface area contributed by atoms with Crippen LogP contribution in [0.4, 0.5) is 0 Å². The van der Waals surface area contributed by atoms with Crippen LogP contribution in [-0.2, 0) is 9.53 Å². The van der Waals surface area contributed by atoms with Gasteiger partial charge in [0, 0.05) is 12.1 Å². The Morgan fingerprint density at radius 2 is 1.36 bits per heavy atom. The summed E-state index contributed by atoms with van der Waals surface area (Å²) in [7, 11) is 0. The van der Waals surface area contributed by atoms with Gasteiger partial charge in [-0.15, -0.1) is 0 Å². The summed E-state index contributed by atoms with van der Waals surface area (Å²) in [5, 5.41) is 0. The first-order chi connectivity index (χ1) is 12.3. The van der Waals surface area contributed by atoms with E-state index < -0.39 is 0 Å². The molecule has 4 fully saturated rings. The van der Waals surface area contributed by atoms with Crippen LogP contribution in [0.1, 0.15) is 96.8 Å². The molecular formula is C22H37NO2. The van der Waals surface area contributed by atoms with Crippen molar-refractivity contribution in [3.05, 3.63) is 0 Å². The smallest absolute Gasteiger partial charge is 0.323 e. The number of fused-ring (bicyclic) bond motifs is 3. The molecule has 4 rings (SSSR count). The molecule has 3 nitrogen and oxygen atoms in total. The monoisotopic (exact) mass is 347 g/mol. The van der Waals surface area contributed by atoms with Gasteiger partial charge < -0.3 is 4.74 Å². The van der Waals surface area contributed by atoms with Crippen molar-refractivity contribution in [2.24, 2.45) is 11.8 Å². The van der Waals surface area contributed by atoms with E-state index in [1.807, 2.05) is 0 Å². The highest BCUT2D eigenvalue weighted by atomic mass is 16.5. The number of nitrogens with zero attached hydrogens (tertiary/aromatic N) is 1. The molecule has 0 aromatic rings. The predicted octanol–water partition coefficient (Wildman–Crippen LogP) is 5.07. The van der Waals surface area contributed by atoms with Gasteiger partial charge in [-0.1, -0.05) is 39.0 Å². The molecule has 0 bridgehead atoms. The summed E-state index contributed by atoms with van der Waals surface area (Å²) in [6, 6.07) is 1.33. The summed E-state index contributed by atoms with van der Waals surface area (Å²) >= 11 is 0. The van der Waals surface area contributed by atoms with Crippen LogP contribution in [0.5, 0.6) is 0 Å². The van der Waals surface area contributed by atoms with Crippen molar-refractivity contribution in [2.75, 3.05) is 0 Å². The summed E-state index contributed by atoms with van der Waals surface area (Å²) < 4.78 is 6.04. The number of likely N-dealkylation sites (tertiary alicyclic amines) is 1. The number of carbonyl (C=O) groups is 1. The third-order valence-electron chi connectivity index (χ3n) is 7.73. The predicted molar refractivity (Wildman–Crippen MR) is 100 cm³/mol. The van der Waals surface area contributed by atoms with Gasteiger partial charge in [-0.2, -0.15) is 0 Å². The van der Waals surface area contributed by atoms with Crippen LogP contribution in [0.3, 0.4) is 0 Å². The topological polar surface area (TPSA) is 29.5 Å². The molecule has 25 heavy (non-hydrogen) atoms. The molecule has 1 heterocycles. The van der Waals surface area contributed by atoms with Gasteiger partial charge in [0.15, 0.2) is 0 Å². The number of hydrogen-bond acceptors (Lipinski definition) is 3. The molecule has 5 atom stereocenters. The largest absolute Gasteiger partial charge is 0.461 e. The Balaban J connectivity index is 1.50. The summed E-state index contributed by atoms with van der Waals surface area (Å²) in [5.74, 6) is 1.82. The van der Waals surface area contributed by atoms with Gasteiger partial charge in [0.05, 0.1) is 0 Å². The highest BCUT2D eigenvalue weighted by Gasteiger charge is 2.52. The zero-order chi connectivity index (χ0) is 17.2. The molecule has 3 saturated carbocycles. The Morgan fingerprint density at radius 3 is 1.92 bits per heavy atom. The number of hydrogen-bond donors (Lipinski definition) is 0. The highest BCUT2D eigenvalue weighted by molar-refractivity contribution is 5.76. The first-order valence-electron chi connectivity index (χ1n) is 11.3. The average molecular weight is 348 g/mol. The van der Waals surface area contributed by atoms with Crippen LogP contribution in [0.25, 0.3) is 0 Å². The molecule has 4 aliphatic rings. The van der Waals surface area contributed by atoms with Crippen molar-refractivity contribution >= 4 is 5.97 Å². The molecule has 0 spiro atoms. The van der Waals surface area contributed by atoms with Crippen molar-refractivity contribution < 1.29 is 9.53 Å². The molecule has 0 aromatic carbocycles. The Hall–Kier alpha value is -0.570. The van der Waals surface area contributed by atoms with Crippen molar-refractivity contribution in [2.45, 2.75) is 121 Å². The molecule has 0 aromatic heterocycles. The fraction of sp³-hybridized carbons (Fsp3) is 0.955. The Morgan fingerprint density at radius 1 is 0.840 bits per heavy atom. The lowest BCUT2D eigenvalue weighted by molar-refractivity contribution is -0.159. The van der Waals surface area contributed by atoms with E-state index in [1.54, 1.807) is 0 Å². The molecule has 5 unspecified atom stereocenters. The van der Waals surface area contributed by atoms with Crippen molar-refractivity contribution in [1.29, 1.82) is 0 Å². The van der Waals surface area contributed by atoms with Crippen molar-refractivity contribution in [1.82, 2.24) is 4.90 Å². The first-order valence-corrected chi connectivity index (χ1v) is 11.3. The van der Waals surface area contributed by atoms with Gasteiger partial charge in [0.2, 0.25) is 0 Å². The number of ether oxygens (including phenoxy) is 1. The summed E-state index contributed by atoms with van der Waals surface area (Å²) in [4.78, 5) is 15.8. The van der Waals surface area contributed by atoms with Crippen LogP contribution in [0.2, 0.25) is 0 Å². The summed E-state index contributed by atoms with van der Waals surface area (Å²) in [6.07, 6.45) is 18.0. The lowest BCUT2D eigenvalue weighted by Crippen LogP contribution is -2.51. The molecule has 142 valence electrons. The fourth-order valence-electron chi connectivity index (χ4n) is 6.65. The van der Waals surface area contributed by atoms with Crippen LogP contribution in [0.15, 0.2) is 0 Å². The number of esters is 1. The SMILES string of the molecule is CCC(C(=O)OC1CCCCC1)N1C2CCCCC2C2CCCCC21. The third kappa shape index (κ3) is 3.50. The van der Waals surface area contributed by atoms with Crippen LogP contribution in [-0.4, -0.2) is 35.1 Å². The molecular weight excluding hydrogens is 310 g/mol. The standard InChI is InChI=1S/C22H37NO2/c1-2-19(22(24)25-16-10-4-3-5-11-16)23-20-14-8-6-12-17(20)18-13-7-9-15-21(18)23/h16-21H,2-15H2,1H3. The minimum absolute atomic E-state index is 0.0145. The third-order valence-corrected chi connectivity index (χ3v) is 7.73. The lowest BCUT2D eigenvalue weighted by atomic mass is 9.73. The normalized spacial score (nSPS) is 38.0. The number of rotatable bonds is 4. The molecule has 1 saturated heterocycles. The van der Waals surface area contributed by atoms with Gasteiger partial charge in [-0.05, 0) is 69.6 Å². The van der Waals surface area contributed by atoms with Crippen LogP contribution < -0.4 is 0 Å². The van der Waals surface area contributed by atoms with Gasteiger partial charge in [-0.25, -0.2) is 0 Å². The highest BCUT2D eigenvalue weighted by Crippen LogP contribution is 2.50. The van der Waals surface area contributed by atoms with Gasteiger partial charge in [-0.3, -0.25) is 9.69 Å². The molecule has 0 radical (unpaired) electrons. The van der Waals surface area contributed by atoms with Crippen LogP contribution >= 0.6 is 0 Å². The van der Waals surface area contributed by atoms with E-state index in [9.17, 15) is 4.79 Å². The van der Waals surface area contributed by atoms with E-state index >= 15 is 0 Å². The minimum Gasteiger partial charge on any atom is -0.461 e. The van der Waals surface area contributed by atoms with E-state index in [1.165, 1.54) is 70.6 Å². The van der Waals surface area contributed by atoms with Crippen molar-refractivity contribution in [3.63, 3.8) is 0 Å². The average Bonchev–Trinajstić information content (AvgIpc) is 2.98. The zero-order valence-corrected chi connectivity index (χ0v) is 16.1. The summed E-state index contributed by atoms with van der Waals surface area (Å²) in [5.41, 5.74) is 0.